The van der Waals surface area contributed by atoms with Gasteiger partial charge in [0.15, 0.2) is 0 Å². The predicted molar refractivity (Wildman–Crippen MR) is 96.6 cm³/mol. The number of halogens is 1. The molecule has 1 aromatic heterocycles. The molecule has 0 spiro atoms. The zero-order chi connectivity index (χ0) is 18.3. The summed E-state index contributed by atoms with van der Waals surface area (Å²) in [6.45, 7) is 2.54. The number of fused-ring (bicyclic) bond motifs is 2. The quantitative estimate of drug-likeness (QED) is 0.789. The molecule has 26 heavy (non-hydrogen) atoms. The number of aryl methyl sites for hydroxylation is 1. The highest BCUT2D eigenvalue weighted by Gasteiger charge is 2.18. The van der Waals surface area contributed by atoms with E-state index in [1.807, 2.05) is 6.92 Å². The Labute approximate surface area is 149 Å². The molecule has 2 heterocycles. The van der Waals surface area contributed by atoms with Crippen LogP contribution in [-0.4, -0.2) is 15.5 Å². The first kappa shape index (κ1) is 16.4. The average Bonchev–Trinajstić information content (AvgIpc) is 3.10. The number of hydrogen-bond acceptors (Lipinski definition) is 3. The van der Waals surface area contributed by atoms with E-state index < -0.39 is 0 Å². The molecule has 1 amide bonds. The maximum Gasteiger partial charge on any atom is 0.261 e. The fraction of sp³-hybridized carbons (Fsp3) is 0.250. The summed E-state index contributed by atoms with van der Waals surface area (Å²) in [5, 5.41) is 3.42. The van der Waals surface area contributed by atoms with Crippen LogP contribution in [0.2, 0.25) is 0 Å². The Kier molecular flexibility index (Phi) is 4.03. The van der Waals surface area contributed by atoms with Gasteiger partial charge in [0.1, 0.15) is 11.6 Å². The number of carbonyl (C=O) groups is 1. The molecular weight excluding hydrogens is 333 g/mol. The molecule has 5 nitrogen and oxygen atoms in total. The zero-order valence-electron chi connectivity index (χ0n) is 14.3. The highest BCUT2D eigenvalue weighted by molar-refractivity contribution is 5.97. The van der Waals surface area contributed by atoms with Crippen LogP contribution < -0.4 is 10.9 Å². The maximum absolute atomic E-state index is 13.0. The minimum Gasteiger partial charge on any atom is -0.346 e. The number of rotatable bonds is 3. The zero-order valence-corrected chi connectivity index (χ0v) is 14.3. The highest BCUT2D eigenvalue weighted by Crippen LogP contribution is 2.18. The Morgan fingerprint density at radius 2 is 2.00 bits per heavy atom. The van der Waals surface area contributed by atoms with Crippen LogP contribution in [-0.2, 0) is 13.0 Å². The lowest BCUT2D eigenvalue weighted by molar-refractivity contribution is 0.0940. The van der Waals surface area contributed by atoms with Crippen molar-refractivity contribution in [2.75, 3.05) is 0 Å². The van der Waals surface area contributed by atoms with Crippen LogP contribution in [0.3, 0.4) is 0 Å². The highest BCUT2D eigenvalue weighted by atomic mass is 19.1. The third kappa shape index (κ3) is 2.87. The van der Waals surface area contributed by atoms with Crippen LogP contribution in [0, 0.1) is 5.82 Å². The Morgan fingerprint density at radius 1 is 1.23 bits per heavy atom. The summed E-state index contributed by atoms with van der Waals surface area (Å²) in [5.41, 5.74) is 1.76. The van der Waals surface area contributed by atoms with Gasteiger partial charge in [-0.15, -0.1) is 0 Å². The Balaban J connectivity index is 1.62. The molecule has 0 saturated carbocycles. The summed E-state index contributed by atoms with van der Waals surface area (Å²) in [6.07, 6.45) is 1.70. The lowest BCUT2D eigenvalue weighted by atomic mass is 10.1. The monoisotopic (exact) mass is 351 g/mol. The van der Waals surface area contributed by atoms with Gasteiger partial charge in [-0.1, -0.05) is 12.1 Å². The van der Waals surface area contributed by atoms with E-state index in [9.17, 15) is 14.0 Å². The van der Waals surface area contributed by atoms with Crippen molar-refractivity contribution in [3.8, 4) is 0 Å². The summed E-state index contributed by atoms with van der Waals surface area (Å²) >= 11 is 0. The molecule has 0 aliphatic carbocycles. The lowest BCUT2D eigenvalue weighted by Crippen LogP contribution is -2.27. The molecule has 6 heteroatoms. The van der Waals surface area contributed by atoms with Crippen molar-refractivity contribution in [1.29, 1.82) is 0 Å². The van der Waals surface area contributed by atoms with Crippen molar-refractivity contribution in [3.63, 3.8) is 0 Å². The number of hydrogen-bond donors (Lipinski definition) is 1. The SMILES string of the molecule is C[C@H](NC(=O)c1ccc2c(=O)n3c(nc2c1)CCC3)c1ccc(F)cc1. The second-order valence-corrected chi connectivity index (χ2v) is 6.57. The lowest BCUT2D eigenvalue weighted by Gasteiger charge is -2.14. The van der Waals surface area contributed by atoms with Gasteiger partial charge >= 0.3 is 0 Å². The largest absolute Gasteiger partial charge is 0.346 e. The Morgan fingerprint density at radius 3 is 2.77 bits per heavy atom. The smallest absolute Gasteiger partial charge is 0.261 e. The molecular formula is C20H18FN3O2. The van der Waals surface area contributed by atoms with E-state index in [4.69, 9.17) is 0 Å². The van der Waals surface area contributed by atoms with Gasteiger partial charge < -0.3 is 5.32 Å². The van der Waals surface area contributed by atoms with E-state index in [-0.39, 0.29) is 23.3 Å². The molecule has 2 aromatic carbocycles. The fourth-order valence-corrected chi connectivity index (χ4v) is 3.34. The van der Waals surface area contributed by atoms with E-state index in [0.717, 1.165) is 24.2 Å². The topological polar surface area (TPSA) is 64.0 Å². The van der Waals surface area contributed by atoms with Gasteiger partial charge in [0.05, 0.1) is 16.9 Å². The molecule has 4 rings (SSSR count). The summed E-state index contributed by atoms with van der Waals surface area (Å²) in [6, 6.07) is 10.7. The minimum absolute atomic E-state index is 0.0471. The van der Waals surface area contributed by atoms with Crippen molar-refractivity contribution in [3.05, 3.63) is 75.6 Å². The predicted octanol–water partition coefficient (Wildman–Crippen LogP) is 2.97. The van der Waals surface area contributed by atoms with Crippen molar-refractivity contribution in [2.24, 2.45) is 0 Å². The number of aromatic nitrogens is 2. The van der Waals surface area contributed by atoms with E-state index in [2.05, 4.69) is 10.3 Å². The van der Waals surface area contributed by atoms with Crippen LogP contribution in [0.15, 0.2) is 47.3 Å². The second kappa shape index (κ2) is 6.37. The molecule has 1 aliphatic heterocycles. The molecule has 0 fully saturated rings. The van der Waals surface area contributed by atoms with Crippen molar-refractivity contribution < 1.29 is 9.18 Å². The van der Waals surface area contributed by atoms with Crippen LogP contribution >= 0.6 is 0 Å². The molecule has 1 N–H and O–H groups in total. The normalized spacial score (nSPS) is 14.2. The van der Waals surface area contributed by atoms with E-state index in [0.29, 0.717) is 23.0 Å². The Bertz CT molecular complexity index is 1060. The average molecular weight is 351 g/mol. The Hall–Kier alpha value is -3.02. The standard InChI is InChI=1S/C20H18FN3O2/c1-12(13-4-7-15(21)8-5-13)22-19(25)14-6-9-16-17(11-14)23-18-3-2-10-24(18)20(16)26/h4-9,11-12H,2-3,10H2,1H3,(H,22,25)/t12-/m0/s1. The van der Waals surface area contributed by atoms with Gasteiger partial charge in [-0.3, -0.25) is 14.2 Å². The fourth-order valence-electron chi connectivity index (χ4n) is 3.34. The van der Waals surface area contributed by atoms with Crippen LogP contribution in [0.5, 0.6) is 0 Å². The molecule has 0 unspecified atom stereocenters. The van der Waals surface area contributed by atoms with Crippen molar-refractivity contribution >= 4 is 16.8 Å². The molecule has 0 bridgehead atoms. The summed E-state index contributed by atoms with van der Waals surface area (Å²) in [5.74, 6) is 0.206. The van der Waals surface area contributed by atoms with Crippen LogP contribution in [0.1, 0.15) is 41.1 Å². The minimum atomic E-state index is -0.313. The number of benzene rings is 2. The second-order valence-electron chi connectivity index (χ2n) is 6.57. The van der Waals surface area contributed by atoms with Gasteiger partial charge in [-0.05, 0) is 49.2 Å². The maximum atomic E-state index is 13.0. The summed E-state index contributed by atoms with van der Waals surface area (Å²) < 4.78 is 14.7. The van der Waals surface area contributed by atoms with Gasteiger partial charge in [-0.2, -0.15) is 0 Å². The first-order chi connectivity index (χ1) is 12.5. The van der Waals surface area contributed by atoms with Gasteiger partial charge in [-0.25, -0.2) is 9.37 Å². The van der Waals surface area contributed by atoms with Crippen LogP contribution in [0.4, 0.5) is 4.39 Å². The third-order valence-electron chi connectivity index (χ3n) is 4.80. The molecule has 0 saturated heterocycles. The number of nitrogens with one attached hydrogen (secondary N) is 1. The molecule has 0 radical (unpaired) electrons. The number of carbonyl (C=O) groups excluding carboxylic acids is 1. The molecule has 132 valence electrons. The summed E-state index contributed by atoms with van der Waals surface area (Å²) in [4.78, 5) is 29.6. The van der Waals surface area contributed by atoms with Gasteiger partial charge in [0, 0.05) is 18.5 Å². The molecule has 1 aliphatic rings. The summed E-state index contributed by atoms with van der Waals surface area (Å²) in [7, 11) is 0. The third-order valence-corrected chi connectivity index (χ3v) is 4.80. The number of amides is 1. The van der Waals surface area contributed by atoms with Gasteiger partial charge in [0.2, 0.25) is 0 Å². The first-order valence-electron chi connectivity index (χ1n) is 8.63. The molecule has 3 aromatic rings. The first-order valence-corrected chi connectivity index (χ1v) is 8.63. The molecule has 1 atom stereocenters. The number of nitrogens with zero attached hydrogens (tertiary/aromatic N) is 2. The van der Waals surface area contributed by atoms with Crippen molar-refractivity contribution in [2.45, 2.75) is 32.4 Å². The van der Waals surface area contributed by atoms with Crippen molar-refractivity contribution in [1.82, 2.24) is 14.9 Å². The van der Waals surface area contributed by atoms with E-state index in [1.54, 1.807) is 34.9 Å². The van der Waals surface area contributed by atoms with E-state index in [1.165, 1.54) is 12.1 Å². The van der Waals surface area contributed by atoms with Crippen LogP contribution in [0.25, 0.3) is 10.9 Å². The van der Waals surface area contributed by atoms with Gasteiger partial charge in [0.25, 0.3) is 11.5 Å². The van der Waals surface area contributed by atoms with E-state index >= 15 is 0 Å².